The van der Waals surface area contributed by atoms with Gasteiger partial charge in [-0.2, -0.15) is 0 Å². The molecule has 0 unspecified atom stereocenters. The lowest BCUT2D eigenvalue weighted by Crippen LogP contribution is -2.34. The number of aliphatic hydroxyl groups excluding tert-OH is 1. The molecule has 0 saturated carbocycles. The van der Waals surface area contributed by atoms with Gasteiger partial charge in [-0.05, 0) is 51.4 Å². The fraction of sp³-hybridized carbons (Fsp3) is 0.733. The van der Waals surface area contributed by atoms with Crippen molar-refractivity contribution in [2.24, 2.45) is 11.8 Å². The molecule has 0 aromatic rings. The van der Waals surface area contributed by atoms with Crippen LogP contribution in [-0.2, 0) is 0 Å². The van der Waals surface area contributed by atoms with Crippen molar-refractivity contribution in [3.63, 3.8) is 0 Å². The van der Waals surface area contributed by atoms with Crippen LogP contribution >= 0.6 is 0 Å². The molecule has 2 heteroatoms. The van der Waals surface area contributed by atoms with E-state index in [1.807, 2.05) is 0 Å². The Labute approximate surface area is 105 Å². The molecule has 2 N–H and O–H groups in total. The first-order chi connectivity index (χ1) is 7.97. The van der Waals surface area contributed by atoms with Gasteiger partial charge in [-0.15, -0.1) is 0 Å². The van der Waals surface area contributed by atoms with Crippen LogP contribution in [0.15, 0.2) is 23.8 Å². The van der Waals surface area contributed by atoms with Crippen LogP contribution in [0.4, 0.5) is 0 Å². The van der Waals surface area contributed by atoms with Gasteiger partial charge in [0.25, 0.3) is 0 Å². The quantitative estimate of drug-likeness (QED) is 0.723. The zero-order chi connectivity index (χ0) is 12.9. The van der Waals surface area contributed by atoms with Gasteiger partial charge in [-0.1, -0.05) is 30.7 Å². The zero-order valence-electron chi connectivity index (χ0n) is 11.3. The summed E-state index contributed by atoms with van der Waals surface area (Å²) >= 11 is 0. The highest BCUT2D eigenvalue weighted by Gasteiger charge is 2.29. The predicted molar refractivity (Wildman–Crippen MR) is 71.7 cm³/mol. The monoisotopic (exact) mass is 238 g/mol. The highest BCUT2D eigenvalue weighted by atomic mass is 16.3. The molecule has 0 aliphatic heterocycles. The van der Waals surface area contributed by atoms with E-state index < -0.39 is 5.60 Å². The number of hydrogen-bond acceptors (Lipinski definition) is 2. The van der Waals surface area contributed by atoms with Crippen LogP contribution in [0.2, 0.25) is 0 Å². The normalized spacial score (nSPS) is 30.1. The summed E-state index contributed by atoms with van der Waals surface area (Å²) in [6.45, 7) is 6.37. The molecular formula is C15H26O2. The summed E-state index contributed by atoms with van der Waals surface area (Å²) in [6.07, 6.45) is 10.1. The van der Waals surface area contributed by atoms with E-state index in [9.17, 15) is 5.11 Å². The van der Waals surface area contributed by atoms with Crippen molar-refractivity contribution in [3.8, 4) is 0 Å². The molecule has 17 heavy (non-hydrogen) atoms. The van der Waals surface area contributed by atoms with E-state index in [-0.39, 0.29) is 6.61 Å². The smallest absolute Gasteiger partial charge is 0.106 e. The molecule has 98 valence electrons. The largest absolute Gasteiger partial charge is 0.393 e. The molecule has 0 heterocycles. The minimum atomic E-state index is -0.962. The topological polar surface area (TPSA) is 40.5 Å². The van der Waals surface area contributed by atoms with Crippen molar-refractivity contribution < 1.29 is 10.2 Å². The Morgan fingerprint density at radius 2 is 2.24 bits per heavy atom. The Bertz CT molecular complexity index is 289. The number of rotatable bonds is 5. The summed E-state index contributed by atoms with van der Waals surface area (Å²) < 4.78 is 0. The van der Waals surface area contributed by atoms with E-state index in [2.05, 4.69) is 32.9 Å². The first-order valence-electron chi connectivity index (χ1n) is 6.63. The van der Waals surface area contributed by atoms with Crippen LogP contribution in [0.1, 0.15) is 46.5 Å². The van der Waals surface area contributed by atoms with E-state index in [1.54, 1.807) is 6.08 Å². The van der Waals surface area contributed by atoms with Crippen molar-refractivity contribution in [3.05, 3.63) is 23.8 Å². The second-order valence-electron chi connectivity index (χ2n) is 5.66. The van der Waals surface area contributed by atoms with Crippen LogP contribution in [0.3, 0.4) is 0 Å². The maximum absolute atomic E-state index is 9.88. The van der Waals surface area contributed by atoms with E-state index in [4.69, 9.17) is 5.11 Å². The Morgan fingerprint density at radius 1 is 1.53 bits per heavy atom. The molecule has 0 aromatic heterocycles. The lowest BCUT2D eigenvalue weighted by atomic mass is 9.78. The third-order valence-electron chi connectivity index (χ3n) is 3.74. The van der Waals surface area contributed by atoms with Crippen molar-refractivity contribution in [1.29, 1.82) is 0 Å². The average molecular weight is 238 g/mol. The van der Waals surface area contributed by atoms with Crippen molar-refractivity contribution in [2.75, 3.05) is 6.61 Å². The van der Waals surface area contributed by atoms with Gasteiger partial charge in [-0.3, -0.25) is 0 Å². The molecule has 2 nitrogen and oxygen atoms in total. The first kappa shape index (κ1) is 14.5. The van der Waals surface area contributed by atoms with Gasteiger partial charge in [0.05, 0.1) is 6.61 Å². The summed E-state index contributed by atoms with van der Waals surface area (Å²) in [4.78, 5) is 0. The van der Waals surface area contributed by atoms with Crippen molar-refractivity contribution in [2.45, 2.75) is 52.1 Å². The third kappa shape index (κ3) is 4.64. The maximum Gasteiger partial charge on any atom is 0.106 e. The molecule has 3 atom stereocenters. The molecule has 1 rings (SSSR count). The summed E-state index contributed by atoms with van der Waals surface area (Å²) in [6, 6.07) is 0. The molecule has 0 amide bonds. The molecule has 0 fully saturated rings. The maximum atomic E-state index is 9.88. The van der Waals surface area contributed by atoms with Gasteiger partial charge in [0.1, 0.15) is 5.60 Å². The number of aliphatic hydroxyl groups is 2. The number of hydrogen-bond donors (Lipinski definition) is 2. The van der Waals surface area contributed by atoms with E-state index in [0.717, 1.165) is 12.8 Å². The van der Waals surface area contributed by atoms with Gasteiger partial charge in [0.15, 0.2) is 0 Å². The zero-order valence-corrected chi connectivity index (χ0v) is 11.3. The van der Waals surface area contributed by atoms with E-state index in [0.29, 0.717) is 18.3 Å². The Morgan fingerprint density at radius 3 is 2.71 bits per heavy atom. The highest BCUT2D eigenvalue weighted by Crippen LogP contribution is 2.32. The second-order valence-corrected chi connectivity index (χ2v) is 5.66. The fourth-order valence-corrected chi connectivity index (χ4v) is 2.35. The lowest BCUT2D eigenvalue weighted by molar-refractivity contribution is 0.00903. The molecule has 1 aliphatic rings. The van der Waals surface area contributed by atoms with Crippen LogP contribution in [0.25, 0.3) is 0 Å². The molecule has 1 aliphatic carbocycles. The molecule has 0 bridgehead atoms. The van der Waals surface area contributed by atoms with Gasteiger partial charge in [0.2, 0.25) is 0 Å². The van der Waals surface area contributed by atoms with Crippen LogP contribution in [-0.4, -0.2) is 22.4 Å². The summed E-state index contributed by atoms with van der Waals surface area (Å²) in [5, 5.41) is 19.0. The van der Waals surface area contributed by atoms with Crippen molar-refractivity contribution >= 4 is 0 Å². The second kappa shape index (κ2) is 6.36. The minimum Gasteiger partial charge on any atom is -0.393 e. The third-order valence-corrected chi connectivity index (χ3v) is 3.74. The molecule has 0 saturated heterocycles. The first-order valence-corrected chi connectivity index (χ1v) is 6.63. The van der Waals surface area contributed by atoms with Gasteiger partial charge in [0, 0.05) is 0 Å². The highest BCUT2D eigenvalue weighted by molar-refractivity contribution is 5.08. The van der Waals surface area contributed by atoms with Crippen LogP contribution < -0.4 is 0 Å². The van der Waals surface area contributed by atoms with Gasteiger partial charge < -0.3 is 10.2 Å². The van der Waals surface area contributed by atoms with Crippen LogP contribution in [0.5, 0.6) is 0 Å². The van der Waals surface area contributed by atoms with E-state index >= 15 is 0 Å². The standard InChI is InChI=1S/C15H26O2/c1-12(2)5-4-6-13(3)14-7-9-15(17,11-16)10-8-14/h5,7,9,13-14,16-17H,4,6,8,10-11H2,1-3H3/t13-,14-,15-/m1/s1. The molecule has 0 aromatic carbocycles. The lowest BCUT2D eigenvalue weighted by Gasteiger charge is -2.31. The summed E-state index contributed by atoms with van der Waals surface area (Å²) in [7, 11) is 0. The molecular weight excluding hydrogens is 212 g/mol. The number of allylic oxidation sites excluding steroid dienone is 3. The van der Waals surface area contributed by atoms with E-state index in [1.165, 1.54) is 12.0 Å². The summed E-state index contributed by atoms with van der Waals surface area (Å²) in [5.74, 6) is 1.19. The Kier molecular flexibility index (Phi) is 5.41. The predicted octanol–water partition coefficient (Wildman–Crippen LogP) is 3.06. The summed E-state index contributed by atoms with van der Waals surface area (Å²) in [5.41, 5.74) is 0.418. The molecule has 0 radical (unpaired) electrons. The average Bonchev–Trinajstić information content (AvgIpc) is 2.29. The van der Waals surface area contributed by atoms with Crippen LogP contribution in [0, 0.1) is 11.8 Å². The minimum absolute atomic E-state index is 0.164. The van der Waals surface area contributed by atoms with Crippen molar-refractivity contribution in [1.82, 2.24) is 0 Å². The SMILES string of the molecule is CC(C)=CCC[C@@H](C)[C@@H]1C=C[C@](O)(CO)CC1. The van der Waals surface area contributed by atoms with Gasteiger partial charge in [-0.25, -0.2) is 0 Å². The fourth-order valence-electron chi connectivity index (χ4n) is 2.35. The molecule has 0 spiro atoms. The Balaban J connectivity index is 2.42. The van der Waals surface area contributed by atoms with Gasteiger partial charge >= 0.3 is 0 Å². The Hall–Kier alpha value is -0.600.